The minimum atomic E-state index is -1.03. The molecule has 0 aliphatic carbocycles. The summed E-state index contributed by atoms with van der Waals surface area (Å²) in [6, 6.07) is 6.23. The van der Waals surface area contributed by atoms with Crippen LogP contribution in [-0.2, 0) is 4.79 Å². The fourth-order valence-electron chi connectivity index (χ4n) is 2.01. The van der Waals surface area contributed by atoms with Crippen molar-refractivity contribution in [2.24, 2.45) is 0 Å². The summed E-state index contributed by atoms with van der Waals surface area (Å²) in [5.41, 5.74) is 6.27. The van der Waals surface area contributed by atoms with E-state index in [9.17, 15) is 14.3 Å². The Morgan fingerprint density at radius 3 is 2.74 bits per heavy atom. The Morgan fingerprint density at radius 2 is 2.09 bits per heavy atom. The van der Waals surface area contributed by atoms with E-state index in [1.807, 2.05) is 0 Å². The fraction of sp³-hybridized carbons (Fsp3) is 0.235. The first-order valence-electron chi connectivity index (χ1n) is 7.41. The van der Waals surface area contributed by atoms with E-state index >= 15 is 0 Å². The summed E-state index contributed by atoms with van der Waals surface area (Å²) in [4.78, 5) is 12.8. The highest BCUT2D eigenvalue weighted by Gasteiger charge is 2.17. The molecule has 122 valence electrons. The van der Waals surface area contributed by atoms with Gasteiger partial charge in [-0.3, -0.25) is 5.43 Å². The Hall–Kier alpha value is -2.21. The number of nitrogens with one attached hydrogen (secondary N) is 2. The molecular weight excluding hydrogens is 315 g/mol. The number of rotatable bonds is 7. The molecule has 6 heteroatoms. The van der Waals surface area contributed by atoms with Gasteiger partial charge >= 0.3 is 5.97 Å². The van der Waals surface area contributed by atoms with Gasteiger partial charge in [0, 0.05) is 16.0 Å². The van der Waals surface area contributed by atoms with Crippen LogP contribution in [0.3, 0.4) is 0 Å². The number of halogens is 1. The van der Waals surface area contributed by atoms with Gasteiger partial charge in [0.1, 0.15) is 5.82 Å². The Kier molecular flexibility index (Phi) is 6.29. The average molecular weight is 334 g/mol. The lowest BCUT2D eigenvalue weighted by Crippen LogP contribution is -2.33. The summed E-state index contributed by atoms with van der Waals surface area (Å²) in [5, 5.41) is 9.27. The zero-order valence-corrected chi connectivity index (χ0v) is 13.6. The third-order valence-electron chi connectivity index (χ3n) is 3.21. The highest BCUT2D eigenvalue weighted by Crippen LogP contribution is 2.36. The SMILES string of the molecule is CCCC/C=C(/SC1=C(C(=O)O)NNC=C1)c1ccc(F)cc1. The van der Waals surface area contributed by atoms with E-state index in [-0.39, 0.29) is 11.5 Å². The number of thioether (sulfide) groups is 1. The van der Waals surface area contributed by atoms with Gasteiger partial charge in [-0.1, -0.05) is 49.7 Å². The largest absolute Gasteiger partial charge is 0.476 e. The lowest BCUT2D eigenvalue weighted by molar-refractivity contribution is -0.133. The number of hydrogen-bond donors (Lipinski definition) is 3. The molecule has 1 heterocycles. The molecule has 0 amide bonds. The van der Waals surface area contributed by atoms with Gasteiger partial charge in [-0.15, -0.1) is 0 Å². The number of carboxylic acids is 1. The molecule has 0 saturated heterocycles. The van der Waals surface area contributed by atoms with Crippen LogP contribution in [0.4, 0.5) is 4.39 Å². The number of hydrogen-bond acceptors (Lipinski definition) is 4. The van der Waals surface area contributed by atoms with E-state index in [2.05, 4.69) is 23.9 Å². The second-order valence-corrected chi connectivity index (χ2v) is 6.05. The number of unbranched alkanes of at least 4 members (excludes halogenated alkanes) is 2. The molecule has 0 atom stereocenters. The highest BCUT2D eigenvalue weighted by molar-refractivity contribution is 8.12. The van der Waals surface area contributed by atoms with Crippen LogP contribution in [0.1, 0.15) is 31.7 Å². The number of hydrazine groups is 1. The Morgan fingerprint density at radius 1 is 1.35 bits per heavy atom. The molecule has 1 aliphatic rings. The van der Waals surface area contributed by atoms with Crippen molar-refractivity contribution in [3.05, 3.63) is 64.6 Å². The van der Waals surface area contributed by atoms with Crippen molar-refractivity contribution in [1.29, 1.82) is 0 Å². The van der Waals surface area contributed by atoms with E-state index < -0.39 is 5.97 Å². The predicted octanol–water partition coefficient (Wildman–Crippen LogP) is 4.01. The lowest BCUT2D eigenvalue weighted by atomic mass is 10.1. The van der Waals surface area contributed by atoms with Gasteiger partial charge < -0.3 is 10.5 Å². The van der Waals surface area contributed by atoms with Gasteiger partial charge in [0.25, 0.3) is 0 Å². The quantitative estimate of drug-likeness (QED) is 0.658. The number of benzene rings is 1. The third-order valence-corrected chi connectivity index (χ3v) is 4.39. The molecule has 0 bridgehead atoms. The maximum atomic E-state index is 13.1. The van der Waals surface area contributed by atoms with Crippen LogP contribution in [0.25, 0.3) is 4.91 Å². The maximum Gasteiger partial charge on any atom is 0.354 e. The average Bonchev–Trinajstić information content (AvgIpc) is 2.55. The molecule has 0 spiro atoms. The summed E-state index contributed by atoms with van der Waals surface area (Å²) in [7, 11) is 0. The van der Waals surface area contributed by atoms with E-state index in [1.165, 1.54) is 23.9 Å². The van der Waals surface area contributed by atoms with Crippen molar-refractivity contribution < 1.29 is 14.3 Å². The molecule has 1 aliphatic heterocycles. The van der Waals surface area contributed by atoms with Crippen LogP contribution in [0, 0.1) is 5.82 Å². The van der Waals surface area contributed by atoms with Gasteiger partial charge in [0.2, 0.25) is 0 Å². The molecule has 0 unspecified atom stereocenters. The van der Waals surface area contributed by atoms with E-state index in [0.29, 0.717) is 4.91 Å². The molecule has 1 aromatic rings. The standard InChI is InChI=1S/C17H19FN2O2S/c1-2-3-4-5-14(12-6-8-13(18)9-7-12)23-15-10-11-19-20-16(15)17(21)22/h5-11,19-20H,2-4H2,1H3,(H,21,22)/b14-5+. The first-order chi connectivity index (χ1) is 11.1. The van der Waals surface area contributed by atoms with Crippen LogP contribution in [0.15, 0.2) is 53.2 Å². The van der Waals surface area contributed by atoms with Crippen LogP contribution < -0.4 is 10.9 Å². The first-order valence-corrected chi connectivity index (χ1v) is 8.23. The minimum absolute atomic E-state index is 0.0982. The zero-order chi connectivity index (χ0) is 16.7. The van der Waals surface area contributed by atoms with Crippen molar-refractivity contribution in [3.8, 4) is 0 Å². The molecule has 3 N–H and O–H groups in total. The van der Waals surface area contributed by atoms with Gasteiger partial charge in [-0.05, 0) is 30.2 Å². The van der Waals surface area contributed by atoms with Crippen molar-refractivity contribution in [1.82, 2.24) is 10.9 Å². The minimum Gasteiger partial charge on any atom is -0.476 e. The first kappa shape index (κ1) is 17.1. The van der Waals surface area contributed by atoms with Gasteiger partial charge in [0.15, 0.2) is 5.70 Å². The second kappa shape index (κ2) is 8.43. The highest BCUT2D eigenvalue weighted by atomic mass is 32.2. The van der Waals surface area contributed by atoms with Crippen LogP contribution in [0.2, 0.25) is 0 Å². The van der Waals surface area contributed by atoms with Crippen LogP contribution >= 0.6 is 11.8 Å². The predicted molar refractivity (Wildman–Crippen MR) is 91.6 cm³/mol. The molecule has 0 aromatic heterocycles. The summed E-state index contributed by atoms with van der Waals surface area (Å²) in [6.07, 6.45) is 8.44. The fourth-order valence-corrected chi connectivity index (χ4v) is 3.08. The van der Waals surface area contributed by atoms with Gasteiger partial charge in [-0.2, -0.15) is 0 Å². The summed E-state index contributed by atoms with van der Waals surface area (Å²) in [5.74, 6) is -1.32. The van der Waals surface area contributed by atoms with E-state index in [1.54, 1.807) is 24.4 Å². The number of carboxylic acid groups (broad SMARTS) is 1. The Bertz CT molecular complexity index is 651. The monoisotopic (exact) mass is 334 g/mol. The molecule has 0 saturated carbocycles. The number of carbonyl (C=O) groups is 1. The molecule has 0 radical (unpaired) electrons. The summed E-state index contributed by atoms with van der Waals surface area (Å²) in [6.45, 7) is 2.11. The normalized spacial score (nSPS) is 14.4. The topological polar surface area (TPSA) is 61.4 Å². The Labute approximate surface area is 139 Å². The third kappa shape index (κ3) is 4.89. The van der Waals surface area contributed by atoms with Crippen LogP contribution in [0.5, 0.6) is 0 Å². The van der Waals surface area contributed by atoms with Crippen LogP contribution in [-0.4, -0.2) is 11.1 Å². The Balaban J connectivity index is 2.30. The zero-order valence-electron chi connectivity index (χ0n) is 12.8. The number of allylic oxidation sites excluding steroid dienone is 2. The molecule has 2 rings (SSSR count). The van der Waals surface area contributed by atoms with Crippen molar-refractivity contribution >= 4 is 22.6 Å². The van der Waals surface area contributed by atoms with Crippen molar-refractivity contribution in [3.63, 3.8) is 0 Å². The van der Waals surface area contributed by atoms with E-state index in [4.69, 9.17) is 0 Å². The maximum absolute atomic E-state index is 13.1. The van der Waals surface area contributed by atoms with Gasteiger partial charge in [0.05, 0.1) is 0 Å². The van der Waals surface area contributed by atoms with Crippen molar-refractivity contribution in [2.45, 2.75) is 26.2 Å². The summed E-state index contributed by atoms with van der Waals surface area (Å²) < 4.78 is 13.1. The van der Waals surface area contributed by atoms with Crippen molar-refractivity contribution in [2.75, 3.05) is 0 Å². The summed E-state index contributed by atoms with van der Waals surface area (Å²) >= 11 is 1.36. The molecule has 4 nitrogen and oxygen atoms in total. The smallest absolute Gasteiger partial charge is 0.354 e. The second-order valence-electron chi connectivity index (χ2n) is 4.97. The molecule has 0 fully saturated rings. The van der Waals surface area contributed by atoms with E-state index in [0.717, 1.165) is 29.7 Å². The molecule has 23 heavy (non-hydrogen) atoms. The van der Waals surface area contributed by atoms with Gasteiger partial charge in [-0.25, -0.2) is 9.18 Å². The lowest BCUT2D eigenvalue weighted by Gasteiger charge is -2.17. The molecule has 1 aromatic carbocycles. The molecular formula is C17H19FN2O2S. The number of aliphatic carboxylic acids is 1.